The SMILES string of the molecule is CCCNc1ccc(S(=O)(=O)NCC(=O)NCC)cn1. The van der Waals surface area contributed by atoms with Crippen molar-refractivity contribution in [2.45, 2.75) is 25.2 Å². The maximum Gasteiger partial charge on any atom is 0.242 e. The van der Waals surface area contributed by atoms with E-state index in [9.17, 15) is 13.2 Å². The van der Waals surface area contributed by atoms with Crippen molar-refractivity contribution in [2.24, 2.45) is 0 Å². The summed E-state index contributed by atoms with van der Waals surface area (Å²) in [6.45, 7) is 4.73. The van der Waals surface area contributed by atoms with Crippen LogP contribution in [0.4, 0.5) is 5.82 Å². The fraction of sp³-hybridized carbons (Fsp3) is 0.500. The van der Waals surface area contributed by atoms with Crippen LogP contribution in [-0.4, -0.2) is 38.9 Å². The first-order valence-corrected chi connectivity index (χ1v) is 7.94. The Morgan fingerprint density at radius 2 is 2.05 bits per heavy atom. The number of aromatic nitrogens is 1. The highest BCUT2D eigenvalue weighted by molar-refractivity contribution is 7.89. The zero-order valence-corrected chi connectivity index (χ0v) is 12.5. The highest BCUT2D eigenvalue weighted by atomic mass is 32.2. The van der Waals surface area contributed by atoms with Crippen LogP contribution in [0.15, 0.2) is 23.2 Å². The summed E-state index contributed by atoms with van der Waals surface area (Å²) in [6.07, 6.45) is 2.22. The number of likely N-dealkylation sites (N-methyl/N-ethyl adjacent to an activating group) is 1. The lowest BCUT2D eigenvalue weighted by molar-refractivity contribution is -0.119. The van der Waals surface area contributed by atoms with Crippen LogP contribution in [0.3, 0.4) is 0 Å². The molecule has 112 valence electrons. The Hall–Kier alpha value is -1.67. The molecule has 8 heteroatoms. The molecule has 0 radical (unpaired) electrons. The van der Waals surface area contributed by atoms with Crippen LogP contribution in [0.2, 0.25) is 0 Å². The lowest BCUT2D eigenvalue weighted by atomic mass is 10.4. The highest BCUT2D eigenvalue weighted by Crippen LogP contribution is 2.10. The van der Waals surface area contributed by atoms with Crippen molar-refractivity contribution in [1.82, 2.24) is 15.0 Å². The average Bonchev–Trinajstić information content (AvgIpc) is 2.44. The molecule has 0 fully saturated rings. The number of hydrogen-bond donors (Lipinski definition) is 3. The molecule has 0 aromatic carbocycles. The molecule has 3 N–H and O–H groups in total. The van der Waals surface area contributed by atoms with Crippen molar-refractivity contribution >= 4 is 21.7 Å². The number of rotatable bonds is 8. The topological polar surface area (TPSA) is 100 Å². The molecule has 0 aliphatic carbocycles. The molecule has 20 heavy (non-hydrogen) atoms. The molecule has 0 saturated heterocycles. The molecule has 0 aliphatic heterocycles. The maximum atomic E-state index is 11.9. The summed E-state index contributed by atoms with van der Waals surface area (Å²) in [5, 5.41) is 5.56. The number of nitrogens with zero attached hydrogens (tertiary/aromatic N) is 1. The number of sulfonamides is 1. The summed E-state index contributed by atoms with van der Waals surface area (Å²) in [7, 11) is -3.71. The summed E-state index contributed by atoms with van der Waals surface area (Å²) in [5.41, 5.74) is 0. The van der Waals surface area contributed by atoms with Crippen LogP contribution in [0.25, 0.3) is 0 Å². The Bertz CT molecular complexity index is 528. The molecule has 0 atom stereocenters. The van der Waals surface area contributed by atoms with E-state index in [4.69, 9.17) is 0 Å². The van der Waals surface area contributed by atoms with Crippen LogP contribution < -0.4 is 15.4 Å². The lowest BCUT2D eigenvalue weighted by Gasteiger charge is -2.08. The van der Waals surface area contributed by atoms with Crippen molar-refractivity contribution in [1.29, 1.82) is 0 Å². The molecule has 0 saturated carbocycles. The predicted molar refractivity (Wildman–Crippen MR) is 76.9 cm³/mol. The first-order valence-electron chi connectivity index (χ1n) is 6.46. The summed E-state index contributed by atoms with van der Waals surface area (Å²) >= 11 is 0. The molecule has 0 bridgehead atoms. The van der Waals surface area contributed by atoms with Gasteiger partial charge in [0, 0.05) is 19.3 Å². The third kappa shape index (κ3) is 5.14. The summed E-state index contributed by atoms with van der Waals surface area (Å²) in [5.74, 6) is 0.250. The van der Waals surface area contributed by atoms with E-state index in [0.717, 1.165) is 13.0 Å². The molecule has 0 spiro atoms. The van der Waals surface area contributed by atoms with Crippen molar-refractivity contribution < 1.29 is 13.2 Å². The highest BCUT2D eigenvalue weighted by Gasteiger charge is 2.15. The van der Waals surface area contributed by atoms with Crippen LogP contribution >= 0.6 is 0 Å². The van der Waals surface area contributed by atoms with Gasteiger partial charge >= 0.3 is 0 Å². The molecule has 1 amide bonds. The van der Waals surface area contributed by atoms with Crippen LogP contribution in [-0.2, 0) is 14.8 Å². The van der Waals surface area contributed by atoms with Gasteiger partial charge in [-0.1, -0.05) is 6.92 Å². The fourth-order valence-corrected chi connectivity index (χ4v) is 2.33. The van der Waals surface area contributed by atoms with Crippen molar-refractivity contribution in [2.75, 3.05) is 25.0 Å². The van der Waals surface area contributed by atoms with Gasteiger partial charge in [0.15, 0.2) is 0 Å². The van der Waals surface area contributed by atoms with Crippen LogP contribution in [0, 0.1) is 0 Å². The molecule has 1 aromatic rings. The van der Waals surface area contributed by atoms with Crippen LogP contribution in [0.1, 0.15) is 20.3 Å². The number of hydrogen-bond acceptors (Lipinski definition) is 5. The number of anilines is 1. The molecule has 0 unspecified atom stereocenters. The second-order valence-electron chi connectivity index (χ2n) is 4.08. The van der Waals surface area contributed by atoms with Crippen molar-refractivity contribution in [3.8, 4) is 0 Å². The number of pyridine rings is 1. The zero-order valence-electron chi connectivity index (χ0n) is 11.6. The minimum absolute atomic E-state index is 0.0313. The van der Waals surface area contributed by atoms with Gasteiger partial charge in [0.25, 0.3) is 0 Å². The monoisotopic (exact) mass is 300 g/mol. The Morgan fingerprint density at radius 3 is 2.60 bits per heavy atom. The number of nitrogens with one attached hydrogen (secondary N) is 3. The third-order valence-corrected chi connectivity index (χ3v) is 3.79. The minimum Gasteiger partial charge on any atom is -0.370 e. The van der Waals surface area contributed by atoms with Gasteiger partial charge in [0.2, 0.25) is 15.9 Å². The largest absolute Gasteiger partial charge is 0.370 e. The molecule has 1 rings (SSSR count). The summed E-state index contributed by atoms with van der Waals surface area (Å²) in [6, 6.07) is 3.04. The van der Waals surface area contributed by atoms with E-state index in [1.165, 1.54) is 12.3 Å². The van der Waals surface area contributed by atoms with E-state index < -0.39 is 10.0 Å². The van der Waals surface area contributed by atoms with Crippen molar-refractivity contribution in [3.05, 3.63) is 18.3 Å². The smallest absolute Gasteiger partial charge is 0.242 e. The van der Waals surface area contributed by atoms with E-state index in [0.29, 0.717) is 12.4 Å². The number of carbonyl (C=O) groups is 1. The second kappa shape index (κ2) is 7.81. The molecule has 0 aliphatic rings. The van der Waals surface area contributed by atoms with Gasteiger partial charge in [-0.25, -0.2) is 18.1 Å². The fourth-order valence-electron chi connectivity index (χ4n) is 1.40. The predicted octanol–water partition coefficient (Wildman–Crippen LogP) is 0.318. The van der Waals surface area contributed by atoms with Crippen LogP contribution in [0.5, 0.6) is 0 Å². The number of amides is 1. The van der Waals surface area contributed by atoms with Gasteiger partial charge in [-0.3, -0.25) is 4.79 Å². The van der Waals surface area contributed by atoms with Gasteiger partial charge in [-0.15, -0.1) is 0 Å². The Balaban J connectivity index is 2.65. The minimum atomic E-state index is -3.71. The van der Waals surface area contributed by atoms with E-state index in [1.54, 1.807) is 13.0 Å². The van der Waals surface area contributed by atoms with Crippen molar-refractivity contribution in [3.63, 3.8) is 0 Å². The van der Waals surface area contributed by atoms with Gasteiger partial charge in [0.1, 0.15) is 10.7 Å². The maximum absolute atomic E-state index is 11.9. The normalized spacial score (nSPS) is 11.1. The second-order valence-corrected chi connectivity index (χ2v) is 5.85. The Morgan fingerprint density at radius 1 is 1.30 bits per heavy atom. The molecular formula is C12H20N4O3S. The first kappa shape index (κ1) is 16.4. The first-order chi connectivity index (χ1) is 9.49. The van der Waals surface area contributed by atoms with Gasteiger partial charge in [0.05, 0.1) is 6.54 Å². The quantitative estimate of drug-likeness (QED) is 0.642. The van der Waals surface area contributed by atoms with E-state index in [1.807, 2.05) is 6.92 Å². The summed E-state index contributed by atoms with van der Waals surface area (Å²) in [4.78, 5) is 15.3. The lowest BCUT2D eigenvalue weighted by Crippen LogP contribution is -2.36. The van der Waals surface area contributed by atoms with Gasteiger partial charge in [-0.05, 0) is 25.5 Å². The van der Waals surface area contributed by atoms with E-state index in [2.05, 4.69) is 20.3 Å². The van der Waals surface area contributed by atoms with Gasteiger partial charge in [-0.2, -0.15) is 0 Å². The Kier molecular flexibility index (Phi) is 6.40. The molecule has 1 aromatic heterocycles. The standard InChI is InChI=1S/C12H20N4O3S/c1-3-7-14-11-6-5-10(8-15-11)20(18,19)16-9-12(17)13-4-2/h5-6,8,16H,3-4,7,9H2,1-2H3,(H,13,17)(H,14,15). The van der Waals surface area contributed by atoms with Gasteiger partial charge < -0.3 is 10.6 Å². The zero-order chi connectivity index (χ0) is 15.0. The number of carbonyl (C=O) groups excluding carboxylic acids is 1. The average molecular weight is 300 g/mol. The van der Waals surface area contributed by atoms with E-state index in [-0.39, 0.29) is 17.3 Å². The van der Waals surface area contributed by atoms with E-state index >= 15 is 0 Å². The molecule has 7 nitrogen and oxygen atoms in total. The third-order valence-electron chi connectivity index (χ3n) is 2.40. The Labute approximate surface area is 119 Å². The molecular weight excluding hydrogens is 280 g/mol. The summed E-state index contributed by atoms with van der Waals surface area (Å²) < 4.78 is 26.1. The molecule has 1 heterocycles.